The van der Waals surface area contributed by atoms with E-state index in [-0.39, 0.29) is 37.3 Å². The third-order valence-corrected chi connectivity index (χ3v) is 8.50. The van der Waals surface area contributed by atoms with Crippen LogP contribution in [0.3, 0.4) is 0 Å². The number of methoxy groups -OCH3 is 2. The van der Waals surface area contributed by atoms with E-state index in [0.717, 1.165) is 0 Å². The zero-order valence-corrected chi connectivity index (χ0v) is 23.1. The minimum atomic E-state index is -1.94. The van der Waals surface area contributed by atoms with Gasteiger partial charge in [-0.05, 0) is 47.9 Å². The fourth-order valence-electron chi connectivity index (χ4n) is 6.49. The molecule has 0 aromatic heterocycles. The Balaban J connectivity index is 1.35. The number of esters is 1. The van der Waals surface area contributed by atoms with E-state index in [1.807, 2.05) is 0 Å². The molecule has 2 aromatic rings. The van der Waals surface area contributed by atoms with Gasteiger partial charge < -0.3 is 58.0 Å². The number of phenolic OH excluding ortho intramolecular Hbond substituents is 1. The first kappa shape index (κ1) is 26.3. The Morgan fingerprint density at radius 1 is 0.929 bits per heavy atom. The van der Waals surface area contributed by atoms with Gasteiger partial charge >= 0.3 is 5.97 Å². The number of cyclic esters (lactones) is 1. The second-order valence-corrected chi connectivity index (χ2v) is 10.8. The van der Waals surface area contributed by atoms with E-state index >= 15 is 0 Å². The summed E-state index contributed by atoms with van der Waals surface area (Å²) in [5, 5.41) is 32.6. The van der Waals surface area contributed by atoms with Crippen LogP contribution in [-0.2, 0) is 28.5 Å². The molecule has 42 heavy (non-hydrogen) atoms. The molecule has 0 spiro atoms. The second-order valence-electron chi connectivity index (χ2n) is 10.8. The Labute approximate surface area is 242 Å². The third kappa shape index (κ3) is 4.26. The van der Waals surface area contributed by atoms with E-state index in [4.69, 9.17) is 42.6 Å². The van der Waals surface area contributed by atoms with Crippen molar-refractivity contribution in [2.75, 3.05) is 34.2 Å². The molecule has 1 aliphatic carbocycles. The highest BCUT2D eigenvalue weighted by Gasteiger charge is 2.56. The molecule has 0 bridgehead atoms. The quantitative estimate of drug-likeness (QED) is 0.429. The van der Waals surface area contributed by atoms with E-state index in [2.05, 4.69) is 0 Å². The highest BCUT2D eigenvalue weighted by atomic mass is 16.8. The van der Waals surface area contributed by atoms with E-state index in [9.17, 15) is 21.5 Å². The van der Waals surface area contributed by atoms with Crippen LogP contribution < -0.4 is 18.9 Å². The van der Waals surface area contributed by atoms with Gasteiger partial charge in [0.05, 0.1) is 39.4 Å². The number of benzene rings is 2. The van der Waals surface area contributed by atoms with Crippen molar-refractivity contribution in [2.45, 2.75) is 55.9 Å². The summed E-state index contributed by atoms with van der Waals surface area (Å²) in [7, 11) is 2.77. The predicted molar refractivity (Wildman–Crippen MR) is 138 cm³/mol. The van der Waals surface area contributed by atoms with Gasteiger partial charge in [-0.2, -0.15) is 0 Å². The molecule has 4 heterocycles. The zero-order chi connectivity index (χ0) is 30.2. The van der Waals surface area contributed by atoms with Crippen molar-refractivity contribution in [3.63, 3.8) is 0 Å². The van der Waals surface area contributed by atoms with Gasteiger partial charge in [-0.15, -0.1) is 0 Å². The lowest BCUT2D eigenvalue weighted by Crippen LogP contribution is -2.63. The monoisotopic (exact) mass is 589 g/mol. The highest BCUT2D eigenvalue weighted by Crippen LogP contribution is 2.57. The molecule has 3 saturated heterocycles. The van der Waals surface area contributed by atoms with Crippen molar-refractivity contribution in [3.8, 4) is 28.7 Å². The van der Waals surface area contributed by atoms with Gasteiger partial charge in [0, 0.05) is 13.2 Å². The molecular weight excluding hydrogens is 556 g/mol. The zero-order valence-electron chi connectivity index (χ0n) is 24.1. The summed E-state index contributed by atoms with van der Waals surface area (Å²) < 4.78 is 60.9. The maximum Gasteiger partial charge on any atom is 0.310 e. The molecule has 0 amide bonds. The van der Waals surface area contributed by atoms with Gasteiger partial charge in [0.15, 0.2) is 35.6 Å². The minimum Gasteiger partial charge on any atom is -0.502 e. The number of carbonyl (C=O) groups excluding carboxylic acids is 1. The fraction of sp³-hybridized carbons (Fsp3) is 0.552. The van der Waals surface area contributed by atoms with Crippen molar-refractivity contribution < 1.29 is 64.1 Å². The van der Waals surface area contributed by atoms with Crippen molar-refractivity contribution >= 4 is 5.97 Å². The average Bonchev–Trinajstić information content (AvgIpc) is 3.58. The number of carbonyl (C=O) groups is 1. The SMILES string of the molecule is [2H][C@]12C(=O)OC[C@@H]1[C@H](O[C@@H]1O[C@@H]3CO[C@@H](C)O[C@H]3[C@H](O)[C@H]1O)c1cc3c(cc1[C@H]2c1cc(OC)c(O)c(OC)c1)OCO3. The normalized spacial score (nSPS) is 38.5. The first-order chi connectivity index (χ1) is 20.6. The molecular formula is C29H32O13. The average molecular weight is 590 g/mol. The Morgan fingerprint density at radius 3 is 2.31 bits per heavy atom. The number of rotatable bonds is 5. The summed E-state index contributed by atoms with van der Waals surface area (Å²) >= 11 is 0. The Morgan fingerprint density at radius 2 is 1.62 bits per heavy atom. The fourth-order valence-corrected chi connectivity index (χ4v) is 6.49. The minimum absolute atomic E-state index is 0.0229. The number of hydrogen-bond donors (Lipinski definition) is 3. The first-order valence-corrected chi connectivity index (χ1v) is 13.6. The molecule has 7 rings (SSSR count). The van der Waals surface area contributed by atoms with E-state index in [0.29, 0.717) is 28.2 Å². The summed E-state index contributed by atoms with van der Waals surface area (Å²) in [6, 6.07) is 6.50. The van der Waals surface area contributed by atoms with Crippen molar-refractivity contribution in [1.82, 2.24) is 0 Å². The Hall–Kier alpha value is -3.33. The van der Waals surface area contributed by atoms with Crippen LogP contribution in [0.4, 0.5) is 0 Å². The molecule has 2 aromatic carbocycles. The van der Waals surface area contributed by atoms with Crippen LogP contribution in [-0.4, -0.2) is 92.5 Å². The molecule has 3 N–H and O–H groups in total. The lowest BCUT2D eigenvalue weighted by atomic mass is 9.66. The molecule has 13 heteroatoms. The summed E-state index contributed by atoms with van der Waals surface area (Å²) in [6.07, 6.45) is -7.37. The van der Waals surface area contributed by atoms with Crippen LogP contribution in [0.1, 0.15) is 37.0 Å². The first-order valence-electron chi connectivity index (χ1n) is 14.1. The van der Waals surface area contributed by atoms with E-state index in [1.54, 1.807) is 31.2 Å². The van der Waals surface area contributed by atoms with E-state index in [1.165, 1.54) is 14.2 Å². The Bertz CT molecular complexity index is 1410. The lowest BCUT2D eigenvalue weighted by Gasteiger charge is -2.47. The molecule has 5 aliphatic rings. The molecule has 13 nitrogen and oxygen atoms in total. The smallest absolute Gasteiger partial charge is 0.310 e. The molecule has 10 atom stereocenters. The topological polar surface area (TPSA) is 161 Å². The number of hydrogen-bond acceptors (Lipinski definition) is 13. The summed E-state index contributed by atoms with van der Waals surface area (Å²) in [5.41, 5.74) is 1.49. The predicted octanol–water partition coefficient (Wildman–Crippen LogP) is 1.34. The van der Waals surface area contributed by atoms with E-state index < -0.39 is 66.8 Å². The van der Waals surface area contributed by atoms with Crippen LogP contribution in [0.25, 0.3) is 0 Å². The van der Waals surface area contributed by atoms with Crippen molar-refractivity contribution in [3.05, 3.63) is 41.0 Å². The highest BCUT2D eigenvalue weighted by molar-refractivity contribution is 5.79. The number of ether oxygens (including phenoxy) is 9. The summed E-state index contributed by atoms with van der Waals surface area (Å²) in [4.78, 5) is 13.5. The van der Waals surface area contributed by atoms with Crippen LogP contribution in [0.2, 0.25) is 0 Å². The number of phenols is 1. The maximum atomic E-state index is 13.5. The number of aliphatic hydroxyl groups excluding tert-OH is 2. The molecule has 0 unspecified atom stereocenters. The van der Waals surface area contributed by atoms with Crippen molar-refractivity contribution in [2.24, 2.45) is 11.8 Å². The summed E-state index contributed by atoms with van der Waals surface area (Å²) in [5.74, 6) is -3.77. The van der Waals surface area contributed by atoms with Crippen LogP contribution in [0, 0.1) is 11.8 Å². The van der Waals surface area contributed by atoms with Gasteiger partial charge in [-0.1, -0.05) is 0 Å². The van der Waals surface area contributed by atoms with Gasteiger partial charge in [0.25, 0.3) is 0 Å². The van der Waals surface area contributed by atoms with Crippen LogP contribution in [0.5, 0.6) is 28.7 Å². The Kier molecular flexibility index (Phi) is 6.54. The number of aliphatic hydroxyl groups is 2. The van der Waals surface area contributed by atoms with Gasteiger partial charge in [-0.3, -0.25) is 4.79 Å². The number of aromatic hydroxyl groups is 1. The molecule has 0 saturated carbocycles. The molecule has 3 fully saturated rings. The van der Waals surface area contributed by atoms with Crippen LogP contribution >= 0.6 is 0 Å². The van der Waals surface area contributed by atoms with Gasteiger partial charge in [0.2, 0.25) is 12.5 Å². The maximum absolute atomic E-state index is 13.5. The standard InChI is InChI=1S/C29H32O13/c1-11-36-9-20-27(40-11)24(31)25(32)29(41-20)42-26-14-7-17-16(38-10-39-17)6-13(14)21(22-15(26)8-37-28(22)33)12-4-18(34-2)23(30)19(5-12)35-3/h4-7,11,15,20-22,24-27,29-32H,8-10H2,1-3H3/t11-,15+,20-,21-,22+,24-,25-,26-,27-,29+/m1/s1/i22D. The second kappa shape index (κ2) is 10.4. The number of fused-ring (bicyclic) bond motifs is 4. The summed E-state index contributed by atoms with van der Waals surface area (Å²) in [6.45, 7) is 1.60. The molecule has 0 radical (unpaired) electrons. The van der Waals surface area contributed by atoms with Gasteiger partial charge in [0.1, 0.15) is 24.4 Å². The van der Waals surface area contributed by atoms with Gasteiger partial charge in [-0.25, -0.2) is 0 Å². The van der Waals surface area contributed by atoms with Crippen LogP contribution in [0.15, 0.2) is 24.3 Å². The molecule has 226 valence electrons. The lowest BCUT2D eigenvalue weighted by molar-refractivity contribution is -0.364. The third-order valence-electron chi connectivity index (χ3n) is 8.50. The largest absolute Gasteiger partial charge is 0.502 e. The molecule has 4 aliphatic heterocycles. The van der Waals surface area contributed by atoms with Crippen molar-refractivity contribution in [1.29, 1.82) is 0 Å².